The van der Waals surface area contributed by atoms with Crippen LogP contribution in [0.2, 0.25) is 0 Å². The molecule has 0 aliphatic carbocycles. The average molecular weight is 177 g/mol. The standard InChI is InChI=1S/C8H19NO3/c1-7(10)4-9-5-8(12-3)6-11-2/h7-10H,4-6H2,1-3H3/t7-,8?/m0/s1. The molecule has 4 nitrogen and oxygen atoms in total. The van der Waals surface area contributed by atoms with Crippen molar-refractivity contribution in [3.05, 3.63) is 0 Å². The molecule has 0 saturated heterocycles. The molecule has 0 radical (unpaired) electrons. The van der Waals surface area contributed by atoms with Gasteiger partial charge in [0.15, 0.2) is 0 Å². The Hall–Kier alpha value is -0.160. The van der Waals surface area contributed by atoms with Gasteiger partial charge < -0.3 is 19.9 Å². The van der Waals surface area contributed by atoms with Gasteiger partial charge in [-0.3, -0.25) is 0 Å². The van der Waals surface area contributed by atoms with Crippen LogP contribution in [0, 0.1) is 0 Å². The second kappa shape index (κ2) is 7.49. The molecule has 0 heterocycles. The number of hydrogen-bond acceptors (Lipinski definition) is 4. The Morgan fingerprint density at radius 3 is 2.42 bits per heavy atom. The summed E-state index contributed by atoms with van der Waals surface area (Å²) in [5.41, 5.74) is 0. The van der Waals surface area contributed by atoms with E-state index in [1.54, 1.807) is 21.1 Å². The first kappa shape index (κ1) is 11.8. The molecule has 12 heavy (non-hydrogen) atoms. The third-order valence-electron chi connectivity index (χ3n) is 1.50. The van der Waals surface area contributed by atoms with Crippen molar-refractivity contribution in [1.82, 2.24) is 5.32 Å². The zero-order chi connectivity index (χ0) is 9.40. The Morgan fingerprint density at radius 1 is 1.33 bits per heavy atom. The first-order valence-electron chi connectivity index (χ1n) is 4.11. The molecule has 0 bridgehead atoms. The lowest BCUT2D eigenvalue weighted by atomic mass is 10.3. The van der Waals surface area contributed by atoms with Crippen LogP contribution in [-0.2, 0) is 9.47 Å². The zero-order valence-electron chi connectivity index (χ0n) is 8.04. The summed E-state index contributed by atoms with van der Waals surface area (Å²) in [6.45, 7) is 3.60. The molecular formula is C8H19NO3. The second-order valence-electron chi connectivity index (χ2n) is 2.82. The fraction of sp³-hybridized carbons (Fsp3) is 1.00. The van der Waals surface area contributed by atoms with Crippen molar-refractivity contribution in [3.63, 3.8) is 0 Å². The van der Waals surface area contributed by atoms with Gasteiger partial charge in [0.1, 0.15) is 0 Å². The molecule has 1 unspecified atom stereocenters. The van der Waals surface area contributed by atoms with Crippen molar-refractivity contribution in [2.24, 2.45) is 0 Å². The van der Waals surface area contributed by atoms with Gasteiger partial charge in [-0.05, 0) is 6.92 Å². The molecule has 0 aromatic carbocycles. The highest BCUT2D eigenvalue weighted by Crippen LogP contribution is 1.88. The van der Waals surface area contributed by atoms with E-state index in [1.807, 2.05) is 0 Å². The molecule has 0 rings (SSSR count). The van der Waals surface area contributed by atoms with Crippen molar-refractivity contribution in [1.29, 1.82) is 0 Å². The lowest BCUT2D eigenvalue weighted by Gasteiger charge is -2.15. The van der Waals surface area contributed by atoms with Crippen LogP contribution in [0.5, 0.6) is 0 Å². The summed E-state index contributed by atoms with van der Waals surface area (Å²) in [4.78, 5) is 0. The molecule has 0 fully saturated rings. The van der Waals surface area contributed by atoms with Crippen LogP contribution in [-0.4, -0.2) is 51.2 Å². The fourth-order valence-electron chi connectivity index (χ4n) is 0.849. The number of hydrogen-bond donors (Lipinski definition) is 2. The smallest absolute Gasteiger partial charge is 0.0928 e. The molecule has 0 aromatic heterocycles. The van der Waals surface area contributed by atoms with E-state index in [0.717, 1.165) is 0 Å². The van der Waals surface area contributed by atoms with Crippen LogP contribution in [0.4, 0.5) is 0 Å². The minimum atomic E-state index is -0.315. The predicted molar refractivity (Wildman–Crippen MR) is 47.2 cm³/mol. The van der Waals surface area contributed by atoms with Gasteiger partial charge in [-0.1, -0.05) is 0 Å². The van der Waals surface area contributed by atoms with Crippen LogP contribution in [0.3, 0.4) is 0 Å². The zero-order valence-corrected chi connectivity index (χ0v) is 8.04. The van der Waals surface area contributed by atoms with Gasteiger partial charge in [-0.2, -0.15) is 0 Å². The molecule has 0 aromatic rings. The summed E-state index contributed by atoms with van der Waals surface area (Å²) < 4.78 is 10.0. The van der Waals surface area contributed by atoms with Gasteiger partial charge in [-0.25, -0.2) is 0 Å². The van der Waals surface area contributed by atoms with E-state index < -0.39 is 0 Å². The van der Waals surface area contributed by atoms with Crippen molar-refractivity contribution in [2.45, 2.75) is 19.1 Å². The number of methoxy groups -OCH3 is 2. The normalized spacial score (nSPS) is 16.0. The molecule has 0 spiro atoms. The van der Waals surface area contributed by atoms with Crippen LogP contribution >= 0.6 is 0 Å². The molecule has 0 amide bonds. The number of nitrogens with one attached hydrogen (secondary N) is 1. The van der Waals surface area contributed by atoms with E-state index in [1.165, 1.54) is 0 Å². The Labute approximate surface area is 73.9 Å². The van der Waals surface area contributed by atoms with Crippen LogP contribution in [0.15, 0.2) is 0 Å². The maximum atomic E-state index is 8.93. The van der Waals surface area contributed by atoms with E-state index in [-0.39, 0.29) is 12.2 Å². The first-order chi connectivity index (χ1) is 5.70. The maximum absolute atomic E-state index is 8.93. The molecule has 2 N–H and O–H groups in total. The topological polar surface area (TPSA) is 50.7 Å². The summed E-state index contributed by atoms with van der Waals surface area (Å²) in [5.74, 6) is 0. The quantitative estimate of drug-likeness (QED) is 0.556. The third-order valence-corrected chi connectivity index (χ3v) is 1.50. The lowest BCUT2D eigenvalue weighted by molar-refractivity contribution is 0.0274. The Balaban J connectivity index is 3.31. The number of aliphatic hydroxyl groups excluding tert-OH is 1. The summed E-state index contributed by atoms with van der Waals surface area (Å²) in [6.07, 6.45) is -0.251. The number of ether oxygens (including phenoxy) is 2. The summed E-state index contributed by atoms with van der Waals surface area (Å²) in [6, 6.07) is 0. The minimum Gasteiger partial charge on any atom is -0.392 e. The SMILES string of the molecule is COCC(CNC[C@H](C)O)OC. The highest BCUT2D eigenvalue weighted by atomic mass is 16.5. The number of aliphatic hydroxyl groups is 1. The second-order valence-corrected chi connectivity index (χ2v) is 2.82. The van der Waals surface area contributed by atoms with Crippen molar-refractivity contribution < 1.29 is 14.6 Å². The lowest BCUT2D eigenvalue weighted by Crippen LogP contribution is -2.35. The van der Waals surface area contributed by atoms with E-state index in [0.29, 0.717) is 19.7 Å². The van der Waals surface area contributed by atoms with Crippen molar-refractivity contribution in [2.75, 3.05) is 33.9 Å². The van der Waals surface area contributed by atoms with E-state index in [4.69, 9.17) is 14.6 Å². The molecular weight excluding hydrogens is 158 g/mol. The van der Waals surface area contributed by atoms with Gasteiger partial charge in [0.05, 0.1) is 18.8 Å². The van der Waals surface area contributed by atoms with Gasteiger partial charge >= 0.3 is 0 Å². The summed E-state index contributed by atoms with van der Waals surface area (Å²) in [5, 5.41) is 12.0. The highest BCUT2D eigenvalue weighted by molar-refractivity contribution is 4.61. The monoisotopic (exact) mass is 177 g/mol. The third kappa shape index (κ3) is 6.54. The summed E-state index contributed by atoms with van der Waals surface area (Å²) in [7, 11) is 3.29. The molecule has 0 aliphatic heterocycles. The summed E-state index contributed by atoms with van der Waals surface area (Å²) >= 11 is 0. The Morgan fingerprint density at radius 2 is 2.00 bits per heavy atom. The van der Waals surface area contributed by atoms with Gasteiger partial charge in [0.25, 0.3) is 0 Å². The van der Waals surface area contributed by atoms with Crippen LogP contribution in [0.1, 0.15) is 6.92 Å². The van der Waals surface area contributed by atoms with Crippen LogP contribution < -0.4 is 5.32 Å². The van der Waals surface area contributed by atoms with Crippen molar-refractivity contribution in [3.8, 4) is 0 Å². The highest BCUT2D eigenvalue weighted by Gasteiger charge is 2.05. The van der Waals surface area contributed by atoms with E-state index in [9.17, 15) is 0 Å². The number of rotatable bonds is 7. The molecule has 4 heteroatoms. The van der Waals surface area contributed by atoms with Gasteiger partial charge in [0.2, 0.25) is 0 Å². The molecule has 0 aliphatic rings. The largest absolute Gasteiger partial charge is 0.392 e. The molecule has 2 atom stereocenters. The minimum absolute atomic E-state index is 0.0637. The van der Waals surface area contributed by atoms with Crippen molar-refractivity contribution >= 4 is 0 Å². The van der Waals surface area contributed by atoms with E-state index >= 15 is 0 Å². The van der Waals surface area contributed by atoms with Crippen LogP contribution in [0.25, 0.3) is 0 Å². The first-order valence-corrected chi connectivity index (χ1v) is 4.11. The molecule has 74 valence electrons. The molecule has 0 saturated carbocycles. The van der Waals surface area contributed by atoms with Gasteiger partial charge in [-0.15, -0.1) is 0 Å². The predicted octanol–water partition coefficient (Wildman–Crippen LogP) is -0.382. The Bertz CT molecular complexity index is 98.3. The fourth-order valence-corrected chi connectivity index (χ4v) is 0.849. The van der Waals surface area contributed by atoms with E-state index in [2.05, 4.69) is 5.32 Å². The Kier molecular flexibility index (Phi) is 7.39. The maximum Gasteiger partial charge on any atom is 0.0928 e. The average Bonchev–Trinajstić information content (AvgIpc) is 2.02. The van der Waals surface area contributed by atoms with Gasteiger partial charge in [0, 0.05) is 27.3 Å².